The molecule has 1 aromatic rings. The first kappa shape index (κ1) is 14.7. The van der Waals surface area contributed by atoms with Gasteiger partial charge in [-0.2, -0.15) is 0 Å². The van der Waals surface area contributed by atoms with Gasteiger partial charge in [0.1, 0.15) is 0 Å². The van der Waals surface area contributed by atoms with Crippen LogP contribution in [-0.4, -0.2) is 32.1 Å². The fourth-order valence-corrected chi connectivity index (χ4v) is 2.70. The number of carbonyl (C=O) groups excluding carboxylic acids is 1. The standard InChI is InChI=1S/C10H15N3O3S2/c1-3-4-5-11-9(14)6-8-7-17-10(12-8)13-18(2,15)16/h3,7H,1,4-6H2,2H3,(H,11,14)(H,12,13). The Balaban J connectivity index is 2.48. The smallest absolute Gasteiger partial charge is 0.231 e. The summed E-state index contributed by atoms with van der Waals surface area (Å²) in [4.78, 5) is 15.5. The van der Waals surface area contributed by atoms with Crippen molar-refractivity contribution in [1.29, 1.82) is 0 Å². The Morgan fingerprint density at radius 1 is 1.61 bits per heavy atom. The SMILES string of the molecule is C=CCCNC(=O)Cc1csc(NS(C)(=O)=O)n1. The zero-order chi connectivity index (χ0) is 13.6. The van der Waals surface area contributed by atoms with Crippen molar-refractivity contribution < 1.29 is 13.2 Å². The quantitative estimate of drug-likeness (QED) is 0.572. The number of nitrogens with zero attached hydrogens (tertiary/aromatic N) is 1. The van der Waals surface area contributed by atoms with Crippen LogP contribution in [0.5, 0.6) is 0 Å². The summed E-state index contributed by atoms with van der Waals surface area (Å²) in [7, 11) is -3.32. The Hall–Kier alpha value is -1.41. The number of anilines is 1. The van der Waals surface area contributed by atoms with E-state index in [1.165, 1.54) is 0 Å². The first-order valence-corrected chi connectivity index (χ1v) is 7.97. The number of thiazole rings is 1. The summed E-state index contributed by atoms with van der Waals surface area (Å²) in [6.45, 7) is 4.09. The van der Waals surface area contributed by atoms with Crippen LogP contribution in [0.4, 0.5) is 5.13 Å². The highest BCUT2D eigenvalue weighted by Crippen LogP contribution is 2.16. The summed E-state index contributed by atoms with van der Waals surface area (Å²) in [6, 6.07) is 0. The van der Waals surface area contributed by atoms with Crippen LogP contribution in [0.25, 0.3) is 0 Å². The molecular weight excluding hydrogens is 274 g/mol. The molecule has 100 valence electrons. The summed E-state index contributed by atoms with van der Waals surface area (Å²) in [5.41, 5.74) is 0.544. The lowest BCUT2D eigenvalue weighted by atomic mass is 10.3. The molecule has 1 aromatic heterocycles. The number of hydrogen-bond donors (Lipinski definition) is 2. The van der Waals surface area contributed by atoms with Gasteiger partial charge in [0.2, 0.25) is 15.9 Å². The van der Waals surface area contributed by atoms with Crippen molar-refractivity contribution in [2.45, 2.75) is 12.8 Å². The maximum absolute atomic E-state index is 11.5. The molecule has 6 nitrogen and oxygen atoms in total. The second kappa shape index (κ2) is 6.50. The highest BCUT2D eigenvalue weighted by atomic mass is 32.2. The van der Waals surface area contributed by atoms with E-state index in [9.17, 15) is 13.2 Å². The van der Waals surface area contributed by atoms with Crippen LogP contribution in [0.3, 0.4) is 0 Å². The molecule has 1 amide bonds. The van der Waals surface area contributed by atoms with E-state index in [1.807, 2.05) is 0 Å². The van der Waals surface area contributed by atoms with Gasteiger partial charge >= 0.3 is 0 Å². The van der Waals surface area contributed by atoms with Crippen LogP contribution in [-0.2, 0) is 21.2 Å². The third kappa shape index (κ3) is 5.78. The maximum atomic E-state index is 11.5. The predicted molar refractivity (Wildman–Crippen MR) is 72.1 cm³/mol. The molecule has 1 rings (SSSR count). The number of amides is 1. The van der Waals surface area contributed by atoms with E-state index in [1.54, 1.807) is 11.5 Å². The number of rotatable bonds is 7. The van der Waals surface area contributed by atoms with Crippen LogP contribution in [0.1, 0.15) is 12.1 Å². The third-order valence-electron chi connectivity index (χ3n) is 1.84. The first-order valence-electron chi connectivity index (χ1n) is 5.20. The minimum absolute atomic E-state index is 0.138. The molecule has 0 aliphatic rings. The number of nitrogens with one attached hydrogen (secondary N) is 2. The highest BCUT2D eigenvalue weighted by Gasteiger charge is 2.09. The van der Waals surface area contributed by atoms with Gasteiger partial charge in [0.25, 0.3) is 0 Å². The molecule has 0 radical (unpaired) electrons. The minimum Gasteiger partial charge on any atom is -0.355 e. The van der Waals surface area contributed by atoms with Gasteiger partial charge < -0.3 is 5.32 Å². The summed E-state index contributed by atoms with van der Waals surface area (Å²) in [5.74, 6) is -0.145. The van der Waals surface area contributed by atoms with Crippen molar-refractivity contribution in [2.24, 2.45) is 0 Å². The van der Waals surface area contributed by atoms with E-state index in [-0.39, 0.29) is 17.5 Å². The van der Waals surface area contributed by atoms with Crippen molar-refractivity contribution >= 4 is 32.4 Å². The monoisotopic (exact) mass is 289 g/mol. The fourth-order valence-electron chi connectivity index (χ4n) is 1.13. The van der Waals surface area contributed by atoms with E-state index in [4.69, 9.17) is 0 Å². The molecule has 0 aliphatic heterocycles. The normalized spacial score (nSPS) is 10.9. The summed E-state index contributed by atoms with van der Waals surface area (Å²) in [5, 5.41) is 4.63. The van der Waals surface area contributed by atoms with E-state index in [0.717, 1.165) is 17.6 Å². The number of carbonyl (C=O) groups is 1. The minimum atomic E-state index is -3.32. The second-order valence-electron chi connectivity index (χ2n) is 3.62. The van der Waals surface area contributed by atoms with E-state index in [2.05, 4.69) is 21.6 Å². The Bertz CT molecular complexity index is 522. The van der Waals surface area contributed by atoms with Gasteiger partial charge in [-0.1, -0.05) is 6.08 Å². The van der Waals surface area contributed by atoms with E-state index >= 15 is 0 Å². The summed E-state index contributed by atoms with van der Waals surface area (Å²) in [6.07, 6.45) is 3.62. The molecule has 2 N–H and O–H groups in total. The summed E-state index contributed by atoms with van der Waals surface area (Å²) < 4.78 is 24.2. The average Bonchev–Trinajstić information content (AvgIpc) is 2.63. The van der Waals surface area contributed by atoms with E-state index in [0.29, 0.717) is 18.7 Å². The van der Waals surface area contributed by atoms with Crippen molar-refractivity contribution in [3.63, 3.8) is 0 Å². The van der Waals surface area contributed by atoms with Crippen LogP contribution >= 0.6 is 11.3 Å². The topological polar surface area (TPSA) is 88.2 Å². The molecule has 0 saturated heterocycles. The Labute approximate surface area is 110 Å². The van der Waals surface area contributed by atoms with Gasteiger partial charge in [0, 0.05) is 11.9 Å². The average molecular weight is 289 g/mol. The lowest BCUT2D eigenvalue weighted by Gasteiger charge is -2.01. The zero-order valence-corrected chi connectivity index (χ0v) is 11.6. The molecule has 0 atom stereocenters. The number of sulfonamides is 1. The zero-order valence-electron chi connectivity index (χ0n) is 9.97. The number of aromatic nitrogens is 1. The van der Waals surface area contributed by atoms with Crippen LogP contribution in [0.15, 0.2) is 18.0 Å². The predicted octanol–water partition coefficient (Wildman–Crippen LogP) is 0.749. The van der Waals surface area contributed by atoms with Crippen molar-refractivity contribution in [2.75, 3.05) is 17.5 Å². The molecule has 18 heavy (non-hydrogen) atoms. The van der Waals surface area contributed by atoms with Crippen LogP contribution < -0.4 is 10.0 Å². The molecule has 0 spiro atoms. The lowest BCUT2D eigenvalue weighted by molar-refractivity contribution is -0.120. The highest BCUT2D eigenvalue weighted by molar-refractivity contribution is 7.92. The molecule has 1 heterocycles. The van der Waals surface area contributed by atoms with Crippen molar-refractivity contribution in [3.05, 3.63) is 23.7 Å². The molecule has 0 fully saturated rings. The molecule has 0 aliphatic carbocycles. The van der Waals surface area contributed by atoms with Gasteiger partial charge in [-0.05, 0) is 6.42 Å². The first-order chi connectivity index (χ1) is 8.40. The lowest BCUT2D eigenvalue weighted by Crippen LogP contribution is -2.25. The number of hydrogen-bond acceptors (Lipinski definition) is 5. The van der Waals surface area contributed by atoms with Gasteiger partial charge in [-0.25, -0.2) is 13.4 Å². The van der Waals surface area contributed by atoms with Gasteiger partial charge in [-0.3, -0.25) is 9.52 Å². The van der Waals surface area contributed by atoms with Gasteiger partial charge in [0.15, 0.2) is 5.13 Å². The van der Waals surface area contributed by atoms with Gasteiger partial charge in [0.05, 0.1) is 18.4 Å². The molecule has 0 bridgehead atoms. The molecule has 0 unspecified atom stereocenters. The van der Waals surface area contributed by atoms with E-state index < -0.39 is 10.0 Å². The Kier molecular flexibility index (Phi) is 5.29. The van der Waals surface area contributed by atoms with Crippen molar-refractivity contribution in [3.8, 4) is 0 Å². The molecule has 0 saturated carbocycles. The Morgan fingerprint density at radius 3 is 2.94 bits per heavy atom. The largest absolute Gasteiger partial charge is 0.355 e. The maximum Gasteiger partial charge on any atom is 0.231 e. The van der Waals surface area contributed by atoms with Gasteiger partial charge in [-0.15, -0.1) is 17.9 Å². The third-order valence-corrected chi connectivity index (χ3v) is 3.34. The molecular formula is C10H15N3O3S2. The van der Waals surface area contributed by atoms with Crippen molar-refractivity contribution in [1.82, 2.24) is 10.3 Å². The summed E-state index contributed by atoms with van der Waals surface area (Å²) >= 11 is 1.15. The Morgan fingerprint density at radius 2 is 2.33 bits per heavy atom. The van der Waals surface area contributed by atoms with Crippen LogP contribution in [0, 0.1) is 0 Å². The fraction of sp³-hybridized carbons (Fsp3) is 0.400. The second-order valence-corrected chi connectivity index (χ2v) is 6.23. The molecule has 8 heteroatoms. The van der Waals surface area contributed by atoms with Crippen LogP contribution in [0.2, 0.25) is 0 Å². The molecule has 0 aromatic carbocycles.